The number of ether oxygens (including phenoxy) is 1. The van der Waals surface area contributed by atoms with Crippen molar-refractivity contribution in [2.75, 3.05) is 24.5 Å². The highest BCUT2D eigenvalue weighted by molar-refractivity contribution is 6.30. The number of halogens is 2. The van der Waals surface area contributed by atoms with E-state index in [1.807, 2.05) is 4.90 Å². The fourth-order valence-electron chi connectivity index (χ4n) is 3.28. The van der Waals surface area contributed by atoms with Gasteiger partial charge in [0.1, 0.15) is 23.7 Å². The molecule has 1 amide bonds. The Balaban J connectivity index is 1.44. The van der Waals surface area contributed by atoms with Gasteiger partial charge in [-0.2, -0.15) is 0 Å². The topological polar surface area (TPSA) is 58.6 Å². The molecular formula is C19H20ClFN4O2. The molecule has 27 heavy (non-hydrogen) atoms. The first-order valence-corrected chi connectivity index (χ1v) is 9.39. The molecule has 1 aliphatic carbocycles. The predicted octanol–water partition coefficient (Wildman–Crippen LogP) is 3.51. The molecular weight excluding hydrogens is 371 g/mol. The molecule has 8 heteroatoms. The number of rotatable bonds is 4. The number of carbonyl (C=O) groups is 1. The van der Waals surface area contributed by atoms with E-state index < -0.39 is 5.82 Å². The minimum Gasteiger partial charge on any atom is -0.439 e. The number of piperazine rings is 1. The van der Waals surface area contributed by atoms with Crippen LogP contribution in [0.2, 0.25) is 5.02 Å². The van der Waals surface area contributed by atoms with Gasteiger partial charge in [0.05, 0.1) is 5.02 Å². The summed E-state index contributed by atoms with van der Waals surface area (Å²) in [6.07, 6.45) is 3.47. The van der Waals surface area contributed by atoms with Gasteiger partial charge in [-0.3, -0.25) is 4.79 Å². The van der Waals surface area contributed by atoms with Crippen LogP contribution in [0.25, 0.3) is 0 Å². The molecule has 1 saturated carbocycles. The van der Waals surface area contributed by atoms with Gasteiger partial charge in [0.15, 0.2) is 0 Å². The number of hydrogen-bond donors (Lipinski definition) is 0. The number of aromatic nitrogens is 2. The van der Waals surface area contributed by atoms with E-state index in [-0.39, 0.29) is 22.9 Å². The number of carbonyl (C=O) groups excluding carboxylic acids is 1. The molecule has 1 saturated heterocycles. The van der Waals surface area contributed by atoms with Gasteiger partial charge < -0.3 is 14.5 Å². The highest BCUT2D eigenvalue weighted by Crippen LogP contribution is 2.33. The van der Waals surface area contributed by atoms with E-state index in [1.165, 1.54) is 24.5 Å². The lowest BCUT2D eigenvalue weighted by Gasteiger charge is -2.40. The van der Waals surface area contributed by atoms with Crippen molar-refractivity contribution in [2.45, 2.75) is 25.8 Å². The molecule has 142 valence electrons. The summed E-state index contributed by atoms with van der Waals surface area (Å²) in [5.74, 6) is 1.51. The molecule has 2 heterocycles. The first-order valence-electron chi connectivity index (χ1n) is 9.01. The van der Waals surface area contributed by atoms with Crippen molar-refractivity contribution in [3.8, 4) is 11.6 Å². The van der Waals surface area contributed by atoms with E-state index in [2.05, 4.69) is 21.8 Å². The summed E-state index contributed by atoms with van der Waals surface area (Å²) in [6, 6.07) is 6.01. The van der Waals surface area contributed by atoms with Crippen LogP contribution in [-0.4, -0.2) is 46.5 Å². The van der Waals surface area contributed by atoms with Gasteiger partial charge in [0.2, 0.25) is 11.8 Å². The monoisotopic (exact) mass is 390 g/mol. The lowest BCUT2D eigenvalue weighted by atomic mass is 10.1. The first kappa shape index (κ1) is 18.0. The molecule has 1 atom stereocenters. The maximum Gasteiger partial charge on any atom is 0.226 e. The van der Waals surface area contributed by atoms with Gasteiger partial charge in [-0.05, 0) is 31.9 Å². The van der Waals surface area contributed by atoms with Crippen molar-refractivity contribution in [2.24, 2.45) is 5.92 Å². The SMILES string of the molecule is CC1CN(c2cc(Oc3ccc(F)c(Cl)c3)ncn2)CCN1C(=O)C1CC1. The molecule has 1 aromatic heterocycles. The third-order valence-electron chi connectivity index (χ3n) is 4.90. The zero-order chi connectivity index (χ0) is 19.0. The molecule has 0 N–H and O–H groups in total. The fourth-order valence-corrected chi connectivity index (χ4v) is 3.45. The molecule has 1 unspecified atom stereocenters. The zero-order valence-corrected chi connectivity index (χ0v) is 15.7. The molecule has 4 rings (SSSR count). The standard InChI is InChI=1S/C19H20ClFN4O2/c1-12-10-24(6-7-25(12)19(26)13-2-3-13)17-9-18(23-11-22-17)27-14-4-5-16(21)15(20)8-14/h4-5,8-9,11-13H,2-3,6-7,10H2,1H3. The highest BCUT2D eigenvalue weighted by atomic mass is 35.5. The van der Waals surface area contributed by atoms with Gasteiger partial charge in [-0.15, -0.1) is 0 Å². The second-order valence-corrected chi connectivity index (χ2v) is 7.40. The lowest BCUT2D eigenvalue weighted by Crippen LogP contribution is -2.54. The fraction of sp³-hybridized carbons (Fsp3) is 0.421. The molecule has 0 bridgehead atoms. The minimum atomic E-state index is -0.500. The number of nitrogens with zero attached hydrogens (tertiary/aromatic N) is 4. The Labute approximate surface area is 161 Å². The Bertz CT molecular complexity index is 861. The second kappa shape index (κ2) is 7.31. The lowest BCUT2D eigenvalue weighted by molar-refractivity contribution is -0.134. The van der Waals surface area contributed by atoms with Gasteiger partial charge in [-0.25, -0.2) is 14.4 Å². The van der Waals surface area contributed by atoms with Crippen LogP contribution >= 0.6 is 11.6 Å². The van der Waals surface area contributed by atoms with Crippen LogP contribution in [0.4, 0.5) is 10.2 Å². The van der Waals surface area contributed by atoms with Crippen molar-refractivity contribution >= 4 is 23.3 Å². The smallest absolute Gasteiger partial charge is 0.226 e. The van der Waals surface area contributed by atoms with Crippen molar-refractivity contribution in [1.29, 1.82) is 0 Å². The summed E-state index contributed by atoms with van der Waals surface area (Å²) in [5.41, 5.74) is 0. The summed E-state index contributed by atoms with van der Waals surface area (Å²) in [7, 11) is 0. The van der Waals surface area contributed by atoms with Gasteiger partial charge in [0.25, 0.3) is 0 Å². The quantitative estimate of drug-likeness (QED) is 0.799. The van der Waals surface area contributed by atoms with E-state index in [1.54, 1.807) is 6.07 Å². The molecule has 2 aliphatic rings. The summed E-state index contributed by atoms with van der Waals surface area (Å²) in [4.78, 5) is 24.9. The number of benzene rings is 1. The van der Waals surface area contributed by atoms with Crippen LogP contribution in [0.3, 0.4) is 0 Å². The first-order chi connectivity index (χ1) is 13.0. The summed E-state index contributed by atoms with van der Waals surface area (Å²) < 4.78 is 19.0. The largest absolute Gasteiger partial charge is 0.439 e. The van der Waals surface area contributed by atoms with Crippen LogP contribution in [0.5, 0.6) is 11.6 Å². The van der Waals surface area contributed by atoms with Crippen LogP contribution in [0.1, 0.15) is 19.8 Å². The maximum atomic E-state index is 13.3. The molecule has 0 spiro atoms. The van der Waals surface area contributed by atoms with E-state index in [4.69, 9.17) is 16.3 Å². The van der Waals surface area contributed by atoms with E-state index in [0.29, 0.717) is 31.3 Å². The van der Waals surface area contributed by atoms with Crippen LogP contribution in [0, 0.1) is 11.7 Å². The highest BCUT2D eigenvalue weighted by Gasteiger charge is 2.37. The van der Waals surface area contributed by atoms with Crippen LogP contribution in [0.15, 0.2) is 30.6 Å². The zero-order valence-electron chi connectivity index (χ0n) is 14.9. The van der Waals surface area contributed by atoms with Crippen LogP contribution < -0.4 is 9.64 Å². The molecule has 0 radical (unpaired) electrons. The Kier molecular flexibility index (Phi) is 4.86. The number of hydrogen-bond acceptors (Lipinski definition) is 5. The van der Waals surface area contributed by atoms with Crippen molar-refractivity contribution in [3.63, 3.8) is 0 Å². The third kappa shape index (κ3) is 3.98. The second-order valence-electron chi connectivity index (χ2n) is 6.99. The maximum absolute atomic E-state index is 13.3. The van der Waals surface area contributed by atoms with Crippen LogP contribution in [-0.2, 0) is 4.79 Å². The number of anilines is 1. The Morgan fingerprint density at radius 2 is 2.07 bits per heavy atom. The molecule has 1 aromatic carbocycles. The predicted molar refractivity (Wildman–Crippen MR) is 99.6 cm³/mol. The summed E-state index contributed by atoms with van der Waals surface area (Å²) in [5, 5.41) is -0.00736. The minimum absolute atomic E-state index is 0.00736. The van der Waals surface area contributed by atoms with Gasteiger partial charge >= 0.3 is 0 Å². The Morgan fingerprint density at radius 1 is 1.26 bits per heavy atom. The normalized spacial score (nSPS) is 19.9. The Hall–Kier alpha value is -2.41. The van der Waals surface area contributed by atoms with E-state index in [9.17, 15) is 9.18 Å². The third-order valence-corrected chi connectivity index (χ3v) is 5.19. The molecule has 1 aliphatic heterocycles. The Morgan fingerprint density at radius 3 is 2.78 bits per heavy atom. The van der Waals surface area contributed by atoms with Gasteiger partial charge in [-0.1, -0.05) is 11.6 Å². The average molecular weight is 391 g/mol. The summed E-state index contributed by atoms with van der Waals surface area (Å²) in [6.45, 7) is 4.16. The van der Waals surface area contributed by atoms with Gasteiger partial charge in [0, 0.05) is 43.7 Å². The molecule has 2 fully saturated rings. The average Bonchev–Trinajstić information content (AvgIpc) is 3.50. The number of amides is 1. The van der Waals surface area contributed by atoms with Crippen molar-refractivity contribution in [1.82, 2.24) is 14.9 Å². The van der Waals surface area contributed by atoms with E-state index >= 15 is 0 Å². The molecule has 6 nitrogen and oxygen atoms in total. The molecule has 2 aromatic rings. The van der Waals surface area contributed by atoms with E-state index in [0.717, 1.165) is 18.7 Å². The summed E-state index contributed by atoms with van der Waals surface area (Å²) >= 11 is 5.79. The van der Waals surface area contributed by atoms with Crippen molar-refractivity contribution in [3.05, 3.63) is 41.4 Å². The van der Waals surface area contributed by atoms with Crippen molar-refractivity contribution < 1.29 is 13.9 Å².